The first-order chi connectivity index (χ1) is 7.32. The molecular formula is C13H26N2O. The summed E-state index contributed by atoms with van der Waals surface area (Å²) in [6.45, 7) is 8.75. The fourth-order valence-electron chi connectivity index (χ4n) is 2.38. The molecular weight excluding hydrogens is 200 g/mol. The van der Waals surface area contributed by atoms with Gasteiger partial charge in [0.1, 0.15) is 0 Å². The van der Waals surface area contributed by atoms with Crippen LogP contribution in [0.15, 0.2) is 0 Å². The number of carbonyl (C=O) groups is 1. The Balaban J connectivity index is 2.73. The molecule has 0 aliphatic heterocycles. The summed E-state index contributed by atoms with van der Waals surface area (Å²) in [5.41, 5.74) is 5.19. The highest BCUT2D eigenvalue weighted by Gasteiger charge is 2.33. The van der Waals surface area contributed by atoms with Crippen molar-refractivity contribution < 1.29 is 4.79 Å². The molecule has 1 amide bonds. The van der Waals surface area contributed by atoms with E-state index < -0.39 is 5.54 Å². The number of nitrogens with two attached hydrogens (primary N) is 1. The van der Waals surface area contributed by atoms with Crippen molar-refractivity contribution in [3.05, 3.63) is 0 Å². The van der Waals surface area contributed by atoms with Gasteiger partial charge in [-0.2, -0.15) is 0 Å². The van der Waals surface area contributed by atoms with Gasteiger partial charge >= 0.3 is 0 Å². The van der Waals surface area contributed by atoms with Crippen LogP contribution in [0.2, 0.25) is 0 Å². The minimum Gasteiger partial charge on any atom is -0.338 e. The zero-order chi connectivity index (χ0) is 12.3. The molecule has 0 aromatic rings. The number of amides is 1. The van der Waals surface area contributed by atoms with Crippen molar-refractivity contribution in [1.82, 2.24) is 4.90 Å². The Kier molecular flexibility index (Phi) is 4.36. The van der Waals surface area contributed by atoms with Gasteiger partial charge in [-0.3, -0.25) is 4.79 Å². The number of nitrogens with zero attached hydrogens (tertiary/aromatic N) is 1. The maximum Gasteiger partial charge on any atom is 0.242 e. The standard InChI is InChI=1S/C13H26N2O/c1-10(2)9-15(11-7-5-6-8-11)12(16)13(3,4)14/h10-11H,5-9,14H2,1-4H3. The van der Waals surface area contributed by atoms with E-state index in [2.05, 4.69) is 13.8 Å². The third-order valence-corrected chi connectivity index (χ3v) is 3.14. The lowest BCUT2D eigenvalue weighted by atomic mass is 10.0. The largest absolute Gasteiger partial charge is 0.338 e. The molecule has 16 heavy (non-hydrogen) atoms. The molecule has 0 aromatic carbocycles. The van der Waals surface area contributed by atoms with E-state index in [4.69, 9.17) is 5.73 Å². The van der Waals surface area contributed by atoms with Gasteiger partial charge in [-0.1, -0.05) is 26.7 Å². The maximum absolute atomic E-state index is 12.3. The van der Waals surface area contributed by atoms with Crippen LogP contribution in [0.25, 0.3) is 0 Å². The molecule has 3 heteroatoms. The maximum atomic E-state index is 12.3. The number of hydrogen-bond donors (Lipinski definition) is 1. The molecule has 3 nitrogen and oxygen atoms in total. The van der Waals surface area contributed by atoms with Crippen molar-refractivity contribution in [2.75, 3.05) is 6.54 Å². The highest BCUT2D eigenvalue weighted by Crippen LogP contribution is 2.25. The van der Waals surface area contributed by atoms with E-state index >= 15 is 0 Å². The van der Waals surface area contributed by atoms with Gasteiger partial charge in [-0.15, -0.1) is 0 Å². The number of hydrogen-bond acceptors (Lipinski definition) is 2. The summed E-state index contributed by atoms with van der Waals surface area (Å²) >= 11 is 0. The van der Waals surface area contributed by atoms with Crippen LogP contribution in [-0.2, 0) is 4.79 Å². The van der Waals surface area contributed by atoms with Crippen molar-refractivity contribution in [3.8, 4) is 0 Å². The van der Waals surface area contributed by atoms with Crippen molar-refractivity contribution in [2.45, 2.75) is 65.0 Å². The van der Waals surface area contributed by atoms with Crippen LogP contribution in [-0.4, -0.2) is 28.9 Å². The van der Waals surface area contributed by atoms with Crippen LogP contribution in [0, 0.1) is 5.92 Å². The van der Waals surface area contributed by atoms with Gasteiger partial charge < -0.3 is 10.6 Å². The molecule has 0 bridgehead atoms. The molecule has 0 heterocycles. The van der Waals surface area contributed by atoms with E-state index in [1.54, 1.807) is 13.8 Å². The zero-order valence-electron chi connectivity index (χ0n) is 11.1. The molecule has 0 saturated heterocycles. The predicted molar refractivity (Wildman–Crippen MR) is 67.1 cm³/mol. The monoisotopic (exact) mass is 226 g/mol. The first-order valence-corrected chi connectivity index (χ1v) is 6.42. The van der Waals surface area contributed by atoms with Crippen molar-refractivity contribution in [2.24, 2.45) is 11.7 Å². The first kappa shape index (κ1) is 13.5. The summed E-state index contributed by atoms with van der Waals surface area (Å²) < 4.78 is 0. The Morgan fingerprint density at radius 2 is 1.88 bits per heavy atom. The molecule has 1 saturated carbocycles. The third kappa shape index (κ3) is 3.48. The lowest BCUT2D eigenvalue weighted by molar-refractivity contribution is -0.138. The van der Waals surface area contributed by atoms with Gasteiger partial charge in [0.15, 0.2) is 0 Å². The molecule has 0 atom stereocenters. The van der Waals surface area contributed by atoms with Crippen LogP contribution in [0.4, 0.5) is 0 Å². The molecule has 0 aromatic heterocycles. The van der Waals surface area contributed by atoms with E-state index in [9.17, 15) is 4.79 Å². The van der Waals surface area contributed by atoms with E-state index in [0.717, 1.165) is 19.4 Å². The summed E-state index contributed by atoms with van der Waals surface area (Å²) in [4.78, 5) is 14.3. The Morgan fingerprint density at radius 3 is 2.25 bits per heavy atom. The quantitative estimate of drug-likeness (QED) is 0.798. The topological polar surface area (TPSA) is 46.3 Å². The predicted octanol–water partition coefficient (Wildman–Crippen LogP) is 2.15. The van der Waals surface area contributed by atoms with Crippen molar-refractivity contribution in [3.63, 3.8) is 0 Å². The second kappa shape index (κ2) is 5.17. The SMILES string of the molecule is CC(C)CN(C(=O)C(C)(C)N)C1CCCC1. The minimum absolute atomic E-state index is 0.105. The first-order valence-electron chi connectivity index (χ1n) is 6.42. The fourth-order valence-corrected chi connectivity index (χ4v) is 2.38. The Morgan fingerprint density at radius 1 is 1.38 bits per heavy atom. The van der Waals surface area contributed by atoms with Gasteiger partial charge in [0.05, 0.1) is 5.54 Å². The van der Waals surface area contributed by atoms with Gasteiger partial charge in [-0.05, 0) is 32.6 Å². The van der Waals surface area contributed by atoms with Crippen molar-refractivity contribution >= 4 is 5.91 Å². The highest BCUT2D eigenvalue weighted by atomic mass is 16.2. The summed E-state index contributed by atoms with van der Waals surface area (Å²) in [5.74, 6) is 0.611. The third-order valence-electron chi connectivity index (χ3n) is 3.14. The normalized spacial score (nSPS) is 18.1. The van der Waals surface area contributed by atoms with Crippen LogP contribution in [0.5, 0.6) is 0 Å². The lowest BCUT2D eigenvalue weighted by Crippen LogP contribution is -2.54. The highest BCUT2D eigenvalue weighted by molar-refractivity contribution is 5.85. The summed E-state index contributed by atoms with van der Waals surface area (Å²) in [7, 11) is 0. The molecule has 0 spiro atoms. The minimum atomic E-state index is -0.739. The van der Waals surface area contributed by atoms with Gasteiger partial charge in [0, 0.05) is 12.6 Å². The average molecular weight is 226 g/mol. The molecule has 2 N–H and O–H groups in total. The van der Waals surface area contributed by atoms with E-state index in [-0.39, 0.29) is 5.91 Å². The Bertz CT molecular complexity index is 237. The Hall–Kier alpha value is -0.570. The van der Waals surface area contributed by atoms with Gasteiger partial charge in [0.25, 0.3) is 0 Å². The number of carbonyl (C=O) groups excluding carboxylic acids is 1. The molecule has 1 fully saturated rings. The van der Waals surface area contributed by atoms with E-state index in [0.29, 0.717) is 12.0 Å². The van der Waals surface area contributed by atoms with Gasteiger partial charge in [-0.25, -0.2) is 0 Å². The second-order valence-corrected chi connectivity index (χ2v) is 6.01. The average Bonchev–Trinajstić information content (AvgIpc) is 2.63. The second-order valence-electron chi connectivity index (χ2n) is 6.01. The molecule has 1 aliphatic rings. The molecule has 94 valence electrons. The van der Waals surface area contributed by atoms with E-state index in [1.165, 1.54) is 12.8 Å². The van der Waals surface area contributed by atoms with Gasteiger partial charge in [0.2, 0.25) is 5.91 Å². The zero-order valence-corrected chi connectivity index (χ0v) is 11.1. The fraction of sp³-hybridized carbons (Fsp3) is 0.923. The Labute approximate surface area is 99.4 Å². The lowest BCUT2D eigenvalue weighted by Gasteiger charge is -2.35. The molecule has 1 rings (SSSR count). The van der Waals surface area contributed by atoms with Crippen molar-refractivity contribution in [1.29, 1.82) is 0 Å². The van der Waals surface area contributed by atoms with Crippen LogP contribution in [0.3, 0.4) is 0 Å². The van der Waals surface area contributed by atoms with E-state index in [1.807, 2.05) is 4.90 Å². The molecule has 0 unspecified atom stereocenters. The molecule has 0 radical (unpaired) electrons. The smallest absolute Gasteiger partial charge is 0.242 e. The number of rotatable bonds is 4. The molecule has 1 aliphatic carbocycles. The van der Waals surface area contributed by atoms with Crippen LogP contribution in [0.1, 0.15) is 53.4 Å². The summed E-state index contributed by atoms with van der Waals surface area (Å²) in [6.07, 6.45) is 4.79. The van der Waals surface area contributed by atoms with Crippen LogP contribution >= 0.6 is 0 Å². The summed E-state index contributed by atoms with van der Waals surface area (Å²) in [5, 5.41) is 0. The van der Waals surface area contributed by atoms with Crippen LogP contribution < -0.4 is 5.73 Å². The summed E-state index contributed by atoms with van der Waals surface area (Å²) in [6, 6.07) is 0.428.